The van der Waals surface area contributed by atoms with Crippen LogP contribution in [0.15, 0.2) is 34.6 Å². The predicted octanol–water partition coefficient (Wildman–Crippen LogP) is 1.10. The van der Waals surface area contributed by atoms with Gasteiger partial charge in [0.1, 0.15) is 16.6 Å². The van der Waals surface area contributed by atoms with E-state index in [9.17, 15) is 14.4 Å². The zero-order valence-electron chi connectivity index (χ0n) is 10.6. The Balaban J connectivity index is 1.93. The summed E-state index contributed by atoms with van der Waals surface area (Å²) in [4.78, 5) is 36.9. The van der Waals surface area contributed by atoms with Crippen LogP contribution in [0.4, 0.5) is 5.00 Å². The Morgan fingerprint density at radius 2 is 2.24 bits per heavy atom. The largest absolute Gasteiger partial charge is 0.452 e. The van der Waals surface area contributed by atoms with Gasteiger partial charge in [-0.2, -0.15) is 5.26 Å². The molecule has 2 aromatic rings. The number of H-pyrrole nitrogens is 1. The van der Waals surface area contributed by atoms with Gasteiger partial charge in [0.05, 0.1) is 5.56 Å². The number of nitrogens with zero attached hydrogens (tertiary/aromatic N) is 1. The maximum Gasteiger partial charge on any atom is 0.344 e. The standard InChI is InChI=1S/C13H9N3O4S/c14-6-8-3-5-21-12(8)16-10(17)7-20-13(19)9-2-1-4-15-11(9)18/h1-5H,7H2,(H,15,18)(H,16,17). The van der Waals surface area contributed by atoms with Crippen LogP contribution >= 0.6 is 11.3 Å². The lowest BCUT2D eigenvalue weighted by Gasteiger charge is -2.05. The van der Waals surface area contributed by atoms with Crippen LogP contribution in [-0.2, 0) is 9.53 Å². The maximum atomic E-state index is 11.6. The minimum Gasteiger partial charge on any atom is -0.452 e. The van der Waals surface area contributed by atoms with Gasteiger partial charge < -0.3 is 15.0 Å². The van der Waals surface area contributed by atoms with Crippen molar-refractivity contribution in [2.75, 3.05) is 11.9 Å². The van der Waals surface area contributed by atoms with Gasteiger partial charge in [-0.05, 0) is 23.6 Å². The fraction of sp³-hybridized carbons (Fsp3) is 0.0769. The molecule has 0 fully saturated rings. The van der Waals surface area contributed by atoms with Crippen molar-refractivity contribution in [3.05, 3.63) is 51.3 Å². The lowest BCUT2D eigenvalue weighted by Crippen LogP contribution is -2.24. The van der Waals surface area contributed by atoms with Crippen molar-refractivity contribution in [3.63, 3.8) is 0 Å². The van der Waals surface area contributed by atoms with Crippen LogP contribution in [0.1, 0.15) is 15.9 Å². The van der Waals surface area contributed by atoms with E-state index in [0.29, 0.717) is 10.6 Å². The smallest absolute Gasteiger partial charge is 0.344 e. The van der Waals surface area contributed by atoms with E-state index < -0.39 is 24.0 Å². The molecular weight excluding hydrogens is 294 g/mol. The second-order valence-corrected chi connectivity index (χ2v) is 4.73. The number of aromatic amines is 1. The van der Waals surface area contributed by atoms with Crippen molar-refractivity contribution in [2.45, 2.75) is 0 Å². The van der Waals surface area contributed by atoms with Gasteiger partial charge in [0.15, 0.2) is 6.61 Å². The molecule has 0 atom stereocenters. The number of esters is 1. The SMILES string of the molecule is N#Cc1ccsc1NC(=O)COC(=O)c1ccc[nH]c1=O. The molecule has 0 aliphatic heterocycles. The van der Waals surface area contributed by atoms with Gasteiger partial charge in [-0.15, -0.1) is 11.3 Å². The minimum atomic E-state index is -0.890. The number of hydrogen-bond acceptors (Lipinski definition) is 6. The number of carbonyl (C=O) groups is 2. The lowest BCUT2D eigenvalue weighted by molar-refractivity contribution is -0.119. The quantitative estimate of drug-likeness (QED) is 0.821. The van der Waals surface area contributed by atoms with Gasteiger partial charge in [-0.3, -0.25) is 9.59 Å². The van der Waals surface area contributed by atoms with Crippen LogP contribution in [0.2, 0.25) is 0 Å². The molecule has 2 heterocycles. The third kappa shape index (κ3) is 3.55. The number of pyridine rings is 1. The lowest BCUT2D eigenvalue weighted by atomic mass is 10.3. The van der Waals surface area contributed by atoms with Gasteiger partial charge in [0.25, 0.3) is 11.5 Å². The molecule has 2 N–H and O–H groups in total. The molecule has 7 nitrogen and oxygen atoms in total. The van der Waals surface area contributed by atoms with E-state index in [1.165, 1.54) is 29.7 Å². The molecule has 1 amide bonds. The third-order valence-electron chi connectivity index (χ3n) is 2.41. The van der Waals surface area contributed by atoms with E-state index in [1.54, 1.807) is 11.4 Å². The van der Waals surface area contributed by atoms with E-state index in [2.05, 4.69) is 10.3 Å². The maximum absolute atomic E-state index is 11.6. The van der Waals surface area contributed by atoms with Crippen LogP contribution in [0.5, 0.6) is 0 Å². The van der Waals surface area contributed by atoms with Crippen LogP contribution in [0.3, 0.4) is 0 Å². The number of rotatable bonds is 4. The Morgan fingerprint density at radius 3 is 2.95 bits per heavy atom. The molecule has 2 aromatic heterocycles. The summed E-state index contributed by atoms with van der Waals surface area (Å²) < 4.78 is 4.74. The molecule has 8 heteroatoms. The summed E-state index contributed by atoms with van der Waals surface area (Å²) in [6.45, 7) is -0.546. The van der Waals surface area contributed by atoms with Gasteiger partial charge in [0.2, 0.25) is 0 Å². The number of amides is 1. The Bertz CT molecular complexity index is 772. The molecule has 0 bridgehead atoms. The summed E-state index contributed by atoms with van der Waals surface area (Å²) >= 11 is 1.19. The zero-order valence-corrected chi connectivity index (χ0v) is 11.4. The molecule has 2 rings (SSSR count). The number of thiophene rings is 1. The molecule has 0 aliphatic carbocycles. The van der Waals surface area contributed by atoms with Crippen molar-refractivity contribution in [2.24, 2.45) is 0 Å². The normalized spacial score (nSPS) is 9.67. The fourth-order valence-corrected chi connectivity index (χ4v) is 2.20. The van der Waals surface area contributed by atoms with E-state index >= 15 is 0 Å². The molecular formula is C13H9N3O4S. The van der Waals surface area contributed by atoms with Crippen LogP contribution < -0.4 is 10.9 Å². The van der Waals surface area contributed by atoms with Gasteiger partial charge >= 0.3 is 5.97 Å². The van der Waals surface area contributed by atoms with Crippen molar-refractivity contribution >= 4 is 28.2 Å². The number of nitriles is 1. The monoisotopic (exact) mass is 303 g/mol. The number of hydrogen-bond donors (Lipinski definition) is 2. The summed E-state index contributed by atoms with van der Waals surface area (Å²) in [5.41, 5.74) is -0.439. The van der Waals surface area contributed by atoms with Crippen molar-refractivity contribution < 1.29 is 14.3 Å². The van der Waals surface area contributed by atoms with Gasteiger partial charge in [0, 0.05) is 6.20 Å². The fourth-order valence-electron chi connectivity index (χ4n) is 1.45. The van der Waals surface area contributed by atoms with Crippen LogP contribution in [-0.4, -0.2) is 23.5 Å². The highest BCUT2D eigenvalue weighted by Crippen LogP contribution is 2.21. The zero-order chi connectivity index (χ0) is 15.2. The number of aromatic nitrogens is 1. The molecule has 0 spiro atoms. The Labute approximate surface area is 122 Å². The highest BCUT2D eigenvalue weighted by Gasteiger charge is 2.14. The Kier molecular flexibility index (Phi) is 4.48. The molecule has 0 aliphatic rings. The van der Waals surface area contributed by atoms with Crippen molar-refractivity contribution in [1.82, 2.24) is 4.98 Å². The second kappa shape index (κ2) is 6.49. The van der Waals surface area contributed by atoms with E-state index in [0.717, 1.165) is 0 Å². The predicted molar refractivity (Wildman–Crippen MR) is 75.0 cm³/mol. The highest BCUT2D eigenvalue weighted by atomic mass is 32.1. The van der Waals surface area contributed by atoms with Crippen LogP contribution in [0.25, 0.3) is 0 Å². The number of carbonyl (C=O) groups excluding carboxylic acids is 2. The number of anilines is 1. The molecule has 106 valence electrons. The Hall–Kier alpha value is -2.92. The van der Waals surface area contributed by atoms with E-state index in [-0.39, 0.29) is 5.56 Å². The number of nitrogens with one attached hydrogen (secondary N) is 2. The van der Waals surface area contributed by atoms with Crippen LogP contribution in [0, 0.1) is 11.3 Å². The van der Waals surface area contributed by atoms with E-state index in [4.69, 9.17) is 10.00 Å². The first kappa shape index (κ1) is 14.5. The summed E-state index contributed by atoms with van der Waals surface area (Å²) in [5.74, 6) is -1.48. The first-order valence-corrected chi connectivity index (χ1v) is 6.62. The molecule has 0 saturated carbocycles. The third-order valence-corrected chi connectivity index (χ3v) is 3.24. The summed E-state index contributed by atoms with van der Waals surface area (Å²) in [5, 5.41) is 13.3. The Morgan fingerprint density at radius 1 is 1.43 bits per heavy atom. The minimum absolute atomic E-state index is 0.181. The molecule has 0 unspecified atom stereocenters. The van der Waals surface area contributed by atoms with Crippen molar-refractivity contribution in [1.29, 1.82) is 5.26 Å². The summed E-state index contributed by atoms with van der Waals surface area (Å²) in [6, 6.07) is 6.26. The molecule has 0 aromatic carbocycles. The molecule has 0 saturated heterocycles. The average Bonchev–Trinajstić information content (AvgIpc) is 2.92. The summed E-state index contributed by atoms with van der Waals surface area (Å²) in [6.07, 6.45) is 1.38. The number of ether oxygens (including phenoxy) is 1. The first-order valence-electron chi connectivity index (χ1n) is 5.74. The topological polar surface area (TPSA) is 112 Å². The summed E-state index contributed by atoms with van der Waals surface area (Å²) in [7, 11) is 0. The highest BCUT2D eigenvalue weighted by molar-refractivity contribution is 7.14. The first-order chi connectivity index (χ1) is 10.1. The van der Waals surface area contributed by atoms with Gasteiger partial charge in [-0.1, -0.05) is 0 Å². The molecule has 0 radical (unpaired) electrons. The van der Waals surface area contributed by atoms with Crippen molar-refractivity contribution in [3.8, 4) is 6.07 Å². The van der Waals surface area contributed by atoms with Gasteiger partial charge in [-0.25, -0.2) is 4.79 Å². The average molecular weight is 303 g/mol. The van der Waals surface area contributed by atoms with E-state index in [1.807, 2.05) is 6.07 Å². The second-order valence-electron chi connectivity index (χ2n) is 3.81. The molecule has 21 heavy (non-hydrogen) atoms.